The Kier molecular flexibility index (Phi) is 4.05. The van der Waals surface area contributed by atoms with Crippen molar-refractivity contribution in [1.29, 1.82) is 0 Å². The summed E-state index contributed by atoms with van der Waals surface area (Å²) in [4.78, 5) is 11.1. The van der Waals surface area contributed by atoms with Gasteiger partial charge in [-0.15, -0.1) is 0 Å². The van der Waals surface area contributed by atoms with Gasteiger partial charge >= 0.3 is 0 Å². The highest BCUT2D eigenvalue weighted by molar-refractivity contribution is 5.50. The quantitative estimate of drug-likeness (QED) is 0.490. The van der Waals surface area contributed by atoms with Gasteiger partial charge in [-0.2, -0.15) is 0 Å². The number of rotatable bonds is 4. The molecule has 3 aliphatic rings. The van der Waals surface area contributed by atoms with Gasteiger partial charge in [0.05, 0.1) is 0 Å². The van der Waals surface area contributed by atoms with Gasteiger partial charge in [-0.1, -0.05) is 45.3 Å². The molecule has 0 N–H and O–H groups in total. The van der Waals surface area contributed by atoms with Crippen molar-refractivity contribution in [3.8, 4) is 0 Å². The summed E-state index contributed by atoms with van der Waals surface area (Å²) < 4.78 is 0. The Hall–Kier alpha value is -0.590. The van der Waals surface area contributed by atoms with E-state index in [0.29, 0.717) is 16.7 Å². The SMILES string of the molecule is CCCC1(C)C(CC=O)CC=C2C3CCCC3(C)CCC21. The lowest BCUT2D eigenvalue weighted by Gasteiger charge is -2.54. The average Bonchev–Trinajstić information content (AvgIpc) is 2.84. The molecule has 0 spiro atoms. The second-order valence-electron chi connectivity index (χ2n) is 8.49. The fourth-order valence-electron chi connectivity index (χ4n) is 6.21. The Morgan fingerprint density at radius 2 is 2.05 bits per heavy atom. The van der Waals surface area contributed by atoms with E-state index < -0.39 is 0 Å². The van der Waals surface area contributed by atoms with E-state index in [1.807, 2.05) is 0 Å². The topological polar surface area (TPSA) is 17.1 Å². The van der Waals surface area contributed by atoms with Crippen LogP contribution in [-0.4, -0.2) is 6.29 Å². The van der Waals surface area contributed by atoms with E-state index in [-0.39, 0.29) is 0 Å². The highest BCUT2D eigenvalue weighted by atomic mass is 16.1. The highest BCUT2D eigenvalue weighted by Gasteiger charge is 2.53. The number of allylic oxidation sites excluding steroid dienone is 2. The molecule has 1 heteroatoms. The lowest BCUT2D eigenvalue weighted by molar-refractivity contribution is -0.110. The first-order valence-electron chi connectivity index (χ1n) is 9.19. The molecule has 0 heterocycles. The summed E-state index contributed by atoms with van der Waals surface area (Å²) in [5, 5.41) is 0. The molecule has 2 fully saturated rings. The van der Waals surface area contributed by atoms with Gasteiger partial charge in [0.25, 0.3) is 0 Å². The van der Waals surface area contributed by atoms with E-state index in [0.717, 1.165) is 24.7 Å². The molecule has 2 saturated carbocycles. The number of hydrogen-bond acceptors (Lipinski definition) is 1. The van der Waals surface area contributed by atoms with Crippen molar-refractivity contribution < 1.29 is 4.79 Å². The van der Waals surface area contributed by atoms with Gasteiger partial charge in [-0.25, -0.2) is 0 Å². The van der Waals surface area contributed by atoms with Gasteiger partial charge in [0.1, 0.15) is 6.29 Å². The third-order valence-corrected chi connectivity index (χ3v) is 7.43. The van der Waals surface area contributed by atoms with Crippen LogP contribution in [0.25, 0.3) is 0 Å². The summed E-state index contributed by atoms with van der Waals surface area (Å²) in [5.41, 5.74) is 2.76. The Morgan fingerprint density at radius 3 is 2.76 bits per heavy atom. The van der Waals surface area contributed by atoms with Crippen LogP contribution in [0.5, 0.6) is 0 Å². The third-order valence-electron chi connectivity index (χ3n) is 7.43. The van der Waals surface area contributed by atoms with E-state index in [4.69, 9.17) is 0 Å². The number of fused-ring (bicyclic) bond motifs is 3. The standard InChI is InChI=1S/C20H32O/c1-4-11-20(3)15(10-14-21)7-8-16-17-6-5-12-19(17,2)13-9-18(16)20/h8,14-15,17-18H,4-7,9-13H2,1-3H3. The summed E-state index contributed by atoms with van der Waals surface area (Å²) in [7, 11) is 0. The van der Waals surface area contributed by atoms with Crippen molar-refractivity contribution in [3.05, 3.63) is 11.6 Å². The molecule has 0 aromatic rings. The van der Waals surface area contributed by atoms with Crippen LogP contribution in [0.2, 0.25) is 0 Å². The highest BCUT2D eigenvalue weighted by Crippen LogP contribution is 2.63. The molecule has 0 bridgehead atoms. The minimum atomic E-state index is 0.365. The lowest BCUT2D eigenvalue weighted by Crippen LogP contribution is -2.45. The molecule has 0 aliphatic heterocycles. The largest absolute Gasteiger partial charge is 0.303 e. The Labute approximate surface area is 130 Å². The summed E-state index contributed by atoms with van der Waals surface area (Å²) in [6.45, 7) is 7.35. The minimum absolute atomic E-state index is 0.365. The number of hydrogen-bond donors (Lipinski definition) is 0. The van der Waals surface area contributed by atoms with Crippen molar-refractivity contribution in [2.24, 2.45) is 28.6 Å². The molecule has 118 valence electrons. The molecule has 3 rings (SSSR count). The molecule has 0 saturated heterocycles. The van der Waals surface area contributed by atoms with Gasteiger partial charge in [0.2, 0.25) is 0 Å². The van der Waals surface area contributed by atoms with E-state index >= 15 is 0 Å². The van der Waals surface area contributed by atoms with Crippen LogP contribution in [0.1, 0.15) is 78.6 Å². The number of carbonyl (C=O) groups excluding carboxylic acids is 1. The smallest absolute Gasteiger partial charge is 0.120 e. The molecular weight excluding hydrogens is 256 g/mol. The molecule has 1 nitrogen and oxygen atoms in total. The van der Waals surface area contributed by atoms with Crippen molar-refractivity contribution in [2.45, 2.75) is 78.6 Å². The minimum Gasteiger partial charge on any atom is -0.303 e. The van der Waals surface area contributed by atoms with Gasteiger partial charge in [0.15, 0.2) is 0 Å². The summed E-state index contributed by atoms with van der Waals surface area (Å²) in [6.07, 6.45) is 15.2. The van der Waals surface area contributed by atoms with Crippen LogP contribution in [0.3, 0.4) is 0 Å². The Bertz CT molecular complexity index is 437. The van der Waals surface area contributed by atoms with Crippen molar-refractivity contribution >= 4 is 6.29 Å². The van der Waals surface area contributed by atoms with Crippen LogP contribution in [0, 0.1) is 28.6 Å². The fourth-order valence-corrected chi connectivity index (χ4v) is 6.21. The predicted molar refractivity (Wildman–Crippen MR) is 88.1 cm³/mol. The van der Waals surface area contributed by atoms with Crippen LogP contribution < -0.4 is 0 Å². The zero-order chi connectivity index (χ0) is 15.1. The Balaban J connectivity index is 1.94. The van der Waals surface area contributed by atoms with E-state index in [1.165, 1.54) is 51.2 Å². The second kappa shape index (κ2) is 5.56. The maximum Gasteiger partial charge on any atom is 0.120 e. The summed E-state index contributed by atoms with van der Waals surface area (Å²) in [5.74, 6) is 2.19. The fraction of sp³-hybridized carbons (Fsp3) is 0.850. The zero-order valence-electron chi connectivity index (χ0n) is 14.2. The predicted octanol–water partition coefficient (Wildman–Crippen LogP) is 5.54. The molecule has 3 aliphatic carbocycles. The van der Waals surface area contributed by atoms with Crippen molar-refractivity contribution in [3.63, 3.8) is 0 Å². The van der Waals surface area contributed by atoms with Crippen LogP contribution in [0.4, 0.5) is 0 Å². The van der Waals surface area contributed by atoms with E-state index in [9.17, 15) is 4.79 Å². The molecule has 5 unspecified atom stereocenters. The van der Waals surface area contributed by atoms with Crippen molar-refractivity contribution in [1.82, 2.24) is 0 Å². The molecule has 21 heavy (non-hydrogen) atoms. The Morgan fingerprint density at radius 1 is 1.24 bits per heavy atom. The molecule has 0 amide bonds. The van der Waals surface area contributed by atoms with Gasteiger partial charge in [0, 0.05) is 6.42 Å². The number of carbonyl (C=O) groups is 1. The van der Waals surface area contributed by atoms with Crippen LogP contribution >= 0.6 is 0 Å². The van der Waals surface area contributed by atoms with E-state index in [2.05, 4.69) is 26.8 Å². The third kappa shape index (κ3) is 2.32. The van der Waals surface area contributed by atoms with Gasteiger partial charge < -0.3 is 4.79 Å². The first-order chi connectivity index (χ1) is 10.0. The lowest BCUT2D eigenvalue weighted by atomic mass is 9.50. The maximum absolute atomic E-state index is 11.1. The molecule has 0 aromatic heterocycles. The van der Waals surface area contributed by atoms with Crippen LogP contribution in [0.15, 0.2) is 11.6 Å². The second-order valence-corrected chi connectivity index (χ2v) is 8.49. The maximum atomic E-state index is 11.1. The zero-order valence-corrected chi connectivity index (χ0v) is 14.2. The first kappa shape index (κ1) is 15.3. The van der Waals surface area contributed by atoms with Crippen LogP contribution in [-0.2, 0) is 4.79 Å². The van der Waals surface area contributed by atoms with Gasteiger partial charge in [-0.05, 0) is 67.1 Å². The summed E-state index contributed by atoms with van der Waals surface area (Å²) in [6, 6.07) is 0. The number of aldehydes is 1. The van der Waals surface area contributed by atoms with E-state index in [1.54, 1.807) is 5.57 Å². The van der Waals surface area contributed by atoms with Gasteiger partial charge in [-0.3, -0.25) is 0 Å². The monoisotopic (exact) mass is 288 g/mol. The molecular formula is C20H32O. The molecule has 0 radical (unpaired) electrons. The normalized spacial score (nSPS) is 45.7. The molecule has 0 aromatic carbocycles. The average molecular weight is 288 g/mol. The molecule has 5 atom stereocenters. The first-order valence-corrected chi connectivity index (χ1v) is 9.19. The van der Waals surface area contributed by atoms with Crippen molar-refractivity contribution in [2.75, 3.05) is 0 Å². The summed E-state index contributed by atoms with van der Waals surface area (Å²) >= 11 is 0.